The highest BCUT2D eigenvalue weighted by Gasteiger charge is 2.24. The van der Waals surface area contributed by atoms with E-state index in [0.29, 0.717) is 37.4 Å². The topological polar surface area (TPSA) is 67.9 Å². The minimum atomic E-state index is -0.319. The molecule has 1 aliphatic heterocycles. The summed E-state index contributed by atoms with van der Waals surface area (Å²) in [6.07, 6.45) is 1.59. The third-order valence-corrected chi connectivity index (χ3v) is 4.91. The molecule has 1 saturated heterocycles. The molecule has 1 fully saturated rings. The monoisotopic (exact) mass is 400 g/mol. The predicted octanol–water partition coefficient (Wildman–Crippen LogP) is 2.56. The van der Waals surface area contributed by atoms with Gasteiger partial charge in [-0.15, -0.1) is 0 Å². The summed E-state index contributed by atoms with van der Waals surface area (Å²) in [7, 11) is 1.55. The summed E-state index contributed by atoms with van der Waals surface area (Å²) < 4.78 is 23.8. The minimum Gasteiger partial charge on any atom is -0.493 e. The summed E-state index contributed by atoms with van der Waals surface area (Å²) in [5.41, 5.74) is 0.769. The van der Waals surface area contributed by atoms with Crippen LogP contribution in [0.2, 0.25) is 0 Å². The van der Waals surface area contributed by atoms with Crippen LogP contribution in [-0.4, -0.2) is 49.6 Å². The summed E-state index contributed by atoms with van der Waals surface area (Å²) in [4.78, 5) is 26.3. The van der Waals surface area contributed by atoms with E-state index < -0.39 is 0 Å². The Morgan fingerprint density at radius 1 is 1.07 bits per heavy atom. The number of halogens is 1. The maximum Gasteiger partial charge on any atom is 0.260 e. The molecule has 0 saturated carbocycles. The van der Waals surface area contributed by atoms with Crippen molar-refractivity contribution in [1.29, 1.82) is 0 Å². The van der Waals surface area contributed by atoms with Crippen LogP contribution >= 0.6 is 0 Å². The average Bonchev–Trinajstić information content (AvgIpc) is 2.74. The molecule has 7 heteroatoms. The van der Waals surface area contributed by atoms with E-state index in [1.54, 1.807) is 36.3 Å². The molecule has 3 rings (SSSR count). The van der Waals surface area contributed by atoms with Crippen molar-refractivity contribution in [3.05, 3.63) is 59.9 Å². The zero-order valence-electron chi connectivity index (χ0n) is 16.4. The Labute approximate surface area is 169 Å². The predicted molar refractivity (Wildman–Crippen MR) is 106 cm³/mol. The van der Waals surface area contributed by atoms with Gasteiger partial charge in [0.15, 0.2) is 18.1 Å². The van der Waals surface area contributed by atoms with Crippen molar-refractivity contribution in [2.45, 2.75) is 25.3 Å². The Hall–Kier alpha value is -3.09. The molecule has 154 valence electrons. The van der Waals surface area contributed by atoms with E-state index in [0.717, 1.165) is 5.56 Å². The van der Waals surface area contributed by atoms with E-state index in [-0.39, 0.29) is 36.7 Å². The second-order valence-corrected chi connectivity index (χ2v) is 6.97. The fourth-order valence-corrected chi connectivity index (χ4v) is 3.31. The second kappa shape index (κ2) is 9.91. The molecule has 29 heavy (non-hydrogen) atoms. The van der Waals surface area contributed by atoms with Gasteiger partial charge in [0.25, 0.3) is 5.91 Å². The first-order valence-electron chi connectivity index (χ1n) is 9.62. The molecule has 0 aliphatic carbocycles. The lowest BCUT2D eigenvalue weighted by atomic mass is 10.0. The molecule has 0 aromatic heterocycles. The number of ether oxygens (including phenoxy) is 2. The number of carbonyl (C=O) groups is 2. The summed E-state index contributed by atoms with van der Waals surface area (Å²) in [5.74, 6) is 0.614. The van der Waals surface area contributed by atoms with E-state index in [2.05, 4.69) is 5.32 Å². The van der Waals surface area contributed by atoms with Crippen LogP contribution in [0.4, 0.5) is 4.39 Å². The molecule has 1 N–H and O–H groups in total. The molecule has 0 bridgehead atoms. The van der Waals surface area contributed by atoms with Crippen LogP contribution in [-0.2, 0) is 16.0 Å². The number of nitrogens with one attached hydrogen (secondary N) is 1. The number of carbonyl (C=O) groups excluding carboxylic acids is 2. The molecular formula is C22H25FN2O4. The lowest BCUT2D eigenvalue weighted by molar-refractivity contribution is -0.134. The van der Waals surface area contributed by atoms with Gasteiger partial charge in [-0.25, -0.2) is 4.39 Å². The summed E-state index contributed by atoms with van der Waals surface area (Å²) in [6.45, 7) is 1.08. The van der Waals surface area contributed by atoms with E-state index in [1.807, 2.05) is 12.1 Å². The third-order valence-electron chi connectivity index (χ3n) is 4.91. The van der Waals surface area contributed by atoms with Crippen LogP contribution in [0, 0.1) is 5.82 Å². The standard InChI is InChI=1S/C22H25FN2O4/c1-28-19-4-2-3-5-20(19)29-15-22(27)25-12-10-18(11-13-25)24-21(26)14-16-6-8-17(23)9-7-16/h2-9,18H,10-15H2,1H3,(H,24,26). The number of nitrogens with zero attached hydrogens (tertiary/aromatic N) is 1. The molecule has 2 amide bonds. The zero-order chi connectivity index (χ0) is 20.6. The van der Waals surface area contributed by atoms with Crippen molar-refractivity contribution < 1.29 is 23.5 Å². The van der Waals surface area contributed by atoms with Gasteiger partial charge in [0.05, 0.1) is 13.5 Å². The average molecular weight is 400 g/mol. The second-order valence-electron chi connectivity index (χ2n) is 6.97. The van der Waals surface area contributed by atoms with Crippen molar-refractivity contribution in [1.82, 2.24) is 10.2 Å². The number of benzene rings is 2. The molecule has 0 spiro atoms. The SMILES string of the molecule is COc1ccccc1OCC(=O)N1CCC(NC(=O)Cc2ccc(F)cc2)CC1. The van der Waals surface area contributed by atoms with Gasteiger partial charge in [-0.2, -0.15) is 0 Å². The Morgan fingerprint density at radius 3 is 2.38 bits per heavy atom. The number of piperidine rings is 1. The molecule has 0 radical (unpaired) electrons. The van der Waals surface area contributed by atoms with Crippen LogP contribution in [0.1, 0.15) is 18.4 Å². The smallest absolute Gasteiger partial charge is 0.260 e. The minimum absolute atomic E-state index is 0.0298. The van der Waals surface area contributed by atoms with Crippen molar-refractivity contribution in [3.8, 4) is 11.5 Å². The van der Waals surface area contributed by atoms with E-state index in [1.165, 1.54) is 12.1 Å². The van der Waals surface area contributed by atoms with Crippen LogP contribution < -0.4 is 14.8 Å². The maximum atomic E-state index is 12.9. The molecule has 0 atom stereocenters. The molecular weight excluding hydrogens is 375 g/mol. The molecule has 0 unspecified atom stereocenters. The molecule has 2 aromatic rings. The van der Waals surface area contributed by atoms with Crippen LogP contribution in [0.25, 0.3) is 0 Å². The van der Waals surface area contributed by atoms with Crippen molar-refractivity contribution >= 4 is 11.8 Å². The number of rotatable bonds is 7. The first-order valence-corrected chi connectivity index (χ1v) is 9.62. The quantitative estimate of drug-likeness (QED) is 0.776. The fourth-order valence-electron chi connectivity index (χ4n) is 3.31. The number of hydrogen-bond donors (Lipinski definition) is 1. The van der Waals surface area contributed by atoms with Crippen LogP contribution in [0.15, 0.2) is 48.5 Å². The van der Waals surface area contributed by atoms with Gasteiger partial charge in [-0.1, -0.05) is 24.3 Å². The van der Waals surface area contributed by atoms with Gasteiger partial charge in [-0.3, -0.25) is 9.59 Å². The van der Waals surface area contributed by atoms with Gasteiger partial charge < -0.3 is 19.7 Å². The lowest BCUT2D eigenvalue weighted by Crippen LogP contribution is -2.48. The summed E-state index contributed by atoms with van der Waals surface area (Å²) in [5, 5.41) is 3.00. The Morgan fingerprint density at radius 2 is 1.72 bits per heavy atom. The largest absolute Gasteiger partial charge is 0.493 e. The normalized spacial score (nSPS) is 14.3. The number of hydrogen-bond acceptors (Lipinski definition) is 4. The molecule has 2 aromatic carbocycles. The van der Waals surface area contributed by atoms with E-state index in [9.17, 15) is 14.0 Å². The first-order chi connectivity index (χ1) is 14.0. The number of likely N-dealkylation sites (tertiary alicyclic amines) is 1. The van der Waals surface area contributed by atoms with Crippen molar-refractivity contribution in [2.75, 3.05) is 26.8 Å². The van der Waals surface area contributed by atoms with Gasteiger partial charge in [-0.05, 0) is 42.7 Å². The third kappa shape index (κ3) is 5.94. The zero-order valence-corrected chi connectivity index (χ0v) is 16.4. The lowest BCUT2D eigenvalue weighted by Gasteiger charge is -2.32. The highest BCUT2D eigenvalue weighted by Crippen LogP contribution is 2.25. The van der Waals surface area contributed by atoms with Gasteiger partial charge in [0.2, 0.25) is 5.91 Å². The highest BCUT2D eigenvalue weighted by atomic mass is 19.1. The summed E-state index contributed by atoms with van der Waals surface area (Å²) >= 11 is 0. The van der Waals surface area contributed by atoms with Gasteiger partial charge in [0, 0.05) is 19.1 Å². The number of amides is 2. The molecule has 1 aliphatic rings. The van der Waals surface area contributed by atoms with Crippen molar-refractivity contribution in [3.63, 3.8) is 0 Å². The fraction of sp³-hybridized carbons (Fsp3) is 0.364. The van der Waals surface area contributed by atoms with Crippen LogP contribution in [0.3, 0.4) is 0 Å². The first kappa shape index (κ1) is 20.6. The summed E-state index contributed by atoms with van der Waals surface area (Å²) in [6, 6.07) is 13.1. The van der Waals surface area contributed by atoms with E-state index >= 15 is 0 Å². The van der Waals surface area contributed by atoms with Crippen LogP contribution in [0.5, 0.6) is 11.5 Å². The van der Waals surface area contributed by atoms with Gasteiger partial charge >= 0.3 is 0 Å². The molecule has 6 nitrogen and oxygen atoms in total. The Balaban J connectivity index is 1.40. The Kier molecular flexibility index (Phi) is 7.05. The maximum absolute atomic E-state index is 12.9. The number of para-hydroxylation sites is 2. The number of methoxy groups -OCH3 is 1. The Bertz CT molecular complexity index is 833. The van der Waals surface area contributed by atoms with E-state index in [4.69, 9.17) is 9.47 Å². The molecule has 1 heterocycles. The van der Waals surface area contributed by atoms with Crippen molar-refractivity contribution in [2.24, 2.45) is 0 Å². The highest BCUT2D eigenvalue weighted by molar-refractivity contribution is 5.79. The van der Waals surface area contributed by atoms with Gasteiger partial charge in [0.1, 0.15) is 5.82 Å².